The number of hydrogen-bond donors (Lipinski definition) is 0. The van der Waals surface area contributed by atoms with Gasteiger partial charge in [-0.2, -0.15) is 5.10 Å². The van der Waals surface area contributed by atoms with E-state index in [4.69, 9.17) is 16.3 Å². The van der Waals surface area contributed by atoms with Crippen LogP contribution in [0.5, 0.6) is 5.88 Å². The van der Waals surface area contributed by atoms with E-state index in [-0.39, 0.29) is 26.9 Å². The Bertz CT molecular complexity index is 1350. The van der Waals surface area contributed by atoms with E-state index in [0.29, 0.717) is 28.9 Å². The number of hydrogen-bond acceptors (Lipinski definition) is 6. The van der Waals surface area contributed by atoms with E-state index < -0.39 is 21.6 Å². The van der Waals surface area contributed by atoms with Crippen molar-refractivity contribution in [2.24, 2.45) is 14.1 Å². The van der Waals surface area contributed by atoms with Gasteiger partial charge in [-0.05, 0) is 44.0 Å². The van der Waals surface area contributed by atoms with Crippen LogP contribution >= 0.6 is 11.6 Å². The first-order chi connectivity index (χ1) is 14.9. The van der Waals surface area contributed by atoms with E-state index in [9.17, 15) is 18.0 Å². The molecule has 0 spiro atoms. The topological polar surface area (TPSA) is 100 Å². The van der Waals surface area contributed by atoms with E-state index in [1.54, 1.807) is 44.6 Å². The summed E-state index contributed by atoms with van der Waals surface area (Å²) in [5, 5.41) is 4.29. The number of rotatable bonds is 6. The summed E-state index contributed by atoms with van der Waals surface area (Å²) < 4.78 is 32.9. The second-order valence-corrected chi connectivity index (χ2v) is 9.93. The quantitative estimate of drug-likeness (QED) is 0.398. The number of benzene rings is 1. The molecule has 0 unspecified atom stereocenters. The van der Waals surface area contributed by atoms with Crippen molar-refractivity contribution in [1.82, 2.24) is 14.3 Å². The molecule has 0 aliphatic rings. The number of sulfone groups is 1. The molecule has 0 bridgehead atoms. The van der Waals surface area contributed by atoms with Gasteiger partial charge in [0.25, 0.3) is 0 Å². The highest BCUT2D eigenvalue weighted by Crippen LogP contribution is 2.33. The fraction of sp³-hybridized carbons (Fsp3) is 0.318. The second kappa shape index (κ2) is 8.55. The summed E-state index contributed by atoms with van der Waals surface area (Å²) in [5.41, 5.74) is 2.00. The highest BCUT2D eigenvalue weighted by molar-refractivity contribution is 7.90. The van der Waals surface area contributed by atoms with Crippen molar-refractivity contribution < 1.29 is 22.7 Å². The molecule has 2 aromatic heterocycles. The highest BCUT2D eigenvalue weighted by Gasteiger charge is 2.29. The summed E-state index contributed by atoms with van der Waals surface area (Å²) in [5.74, 6) is -1.14. The first-order valence-electron chi connectivity index (χ1n) is 9.82. The molecule has 0 fully saturated rings. The van der Waals surface area contributed by atoms with Crippen LogP contribution in [0, 0.1) is 13.8 Å². The van der Waals surface area contributed by atoms with Crippen LogP contribution in [0.4, 0.5) is 0 Å². The molecule has 0 amide bonds. The van der Waals surface area contributed by atoms with Gasteiger partial charge in [-0.1, -0.05) is 18.5 Å². The zero-order chi connectivity index (χ0) is 24.0. The summed E-state index contributed by atoms with van der Waals surface area (Å²) in [6, 6.07) is 4.38. The molecule has 0 saturated heterocycles. The maximum atomic E-state index is 13.5. The van der Waals surface area contributed by atoms with Gasteiger partial charge in [-0.25, -0.2) is 17.9 Å². The average molecular weight is 478 g/mol. The van der Waals surface area contributed by atoms with Crippen molar-refractivity contribution in [3.05, 3.63) is 63.1 Å². The van der Waals surface area contributed by atoms with Gasteiger partial charge in [0.1, 0.15) is 5.56 Å². The number of ether oxygens (including phenoxy) is 1. The van der Waals surface area contributed by atoms with E-state index in [1.807, 2.05) is 7.05 Å². The van der Waals surface area contributed by atoms with E-state index >= 15 is 0 Å². The fourth-order valence-electron chi connectivity index (χ4n) is 3.57. The zero-order valence-electron chi connectivity index (χ0n) is 18.7. The lowest BCUT2D eigenvalue weighted by molar-refractivity contribution is 0.0717. The first-order valence-corrected chi connectivity index (χ1v) is 12.1. The molecule has 1 aromatic carbocycles. The molecule has 3 aromatic rings. The highest BCUT2D eigenvalue weighted by atomic mass is 35.5. The van der Waals surface area contributed by atoms with Crippen molar-refractivity contribution in [2.45, 2.75) is 32.1 Å². The van der Waals surface area contributed by atoms with Gasteiger partial charge in [0.15, 0.2) is 9.84 Å². The molecule has 10 heteroatoms. The van der Waals surface area contributed by atoms with Crippen LogP contribution in [0.25, 0.3) is 0 Å². The number of aryl methyl sites for hydroxylation is 3. The molecule has 0 aliphatic heterocycles. The normalized spacial score (nSPS) is 11.6. The maximum Gasteiger partial charge on any atom is 0.346 e. The molecular formula is C22H24ClN3O5S. The minimum absolute atomic E-state index is 0.0120. The standard InChI is InChI=1S/C22H24ClN3O5S/c1-7-14-17(32(6,29)30)9-8-16(19(14)23)20(27)18-12(2)24-26(5)21(18)31-22(28)15-10-11-25(4)13(15)3/h8-11H,7H2,1-6H3. The Morgan fingerprint density at radius 2 is 1.78 bits per heavy atom. The predicted molar refractivity (Wildman–Crippen MR) is 120 cm³/mol. The monoisotopic (exact) mass is 477 g/mol. The summed E-state index contributed by atoms with van der Waals surface area (Å²) in [6.07, 6.45) is 3.15. The van der Waals surface area contributed by atoms with Gasteiger partial charge in [-0.3, -0.25) is 4.79 Å². The van der Waals surface area contributed by atoms with E-state index in [2.05, 4.69) is 5.10 Å². The Hall–Kier alpha value is -2.91. The number of carbonyl (C=O) groups excluding carboxylic acids is 2. The van der Waals surface area contributed by atoms with Gasteiger partial charge in [0.2, 0.25) is 11.7 Å². The number of carbonyl (C=O) groups is 2. The molecule has 32 heavy (non-hydrogen) atoms. The minimum atomic E-state index is -3.52. The molecule has 3 rings (SSSR count). The van der Waals surface area contributed by atoms with Gasteiger partial charge < -0.3 is 9.30 Å². The third-order valence-corrected chi connectivity index (χ3v) is 7.00. The summed E-state index contributed by atoms with van der Waals surface area (Å²) >= 11 is 6.48. The van der Waals surface area contributed by atoms with Crippen molar-refractivity contribution in [3.8, 4) is 5.88 Å². The first kappa shape index (κ1) is 23.7. The third kappa shape index (κ3) is 4.10. The molecule has 0 atom stereocenters. The Kier molecular flexibility index (Phi) is 6.35. The molecule has 2 heterocycles. The Balaban J connectivity index is 2.09. The van der Waals surface area contributed by atoms with Crippen molar-refractivity contribution >= 4 is 33.2 Å². The van der Waals surface area contributed by atoms with Crippen LogP contribution in [-0.2, 0) is 30.4 Å². The average Bonchev–Trinajstić information content (AvgIpc) is 3.18. The smallest absolute Gasteiger partial charge is 0.346 e. The fourth-order valence-corrected chi connectivity index (χ4v) is 5.02. The molecule has 8 nitrogen and oxygen atoms in total. The summed E-state index contributed by atoms with van der Waals surface area (Å²) in [4.78, 5) is 26.3. The van der Waals surface area contributed by atoms with E-state index in [0.717, 1.165) is 6.26 Å². The number of aromatic nitrogens is 3. The van der Waals surface area contributed by atoms with Gasteiger partial charge >= 0.3 is 5.97 Å². The Morgan fingerprint density at radius 1 is 1.12 bits per heavy atom. The Labute approximate surface area is 191 Å². The van der Waals surface area contributed by atoms with Gasteiger partial charge in [0.05, 0.1) is 21.2 Å². The maximum absolute atomic E-state index is 13.5. The predicted octanol–water partition coefficient (Wildman–Crippen LogP) is 3.44. The molecule has 0 radical (unpaired) electrons. The minimum Gasteiger partial charge on any atom is -0.403 e. The molecule has 0 aliphatic carbocycles. The van der Waals surface area contributed by atoms with E-state index in [1.165, 1.54) is 16.8 Å². The Morgan fingerprint density at radius 3 is 2.31 bits per heavy atom. The van der Waals surface area contributed by atoms with Crippen LogP contribution in [0.2, 0.25) is 5.02 Å². The molecular weight excluding hydrogens is 454 g/mol. The van der Waals surface area contributed by atoms with Crippen LogP contribution < -0.4 is 4.74 Å². The van der Waals surface area contributed by atoms with Crippen LogP contribution in [-0.4, -0.2) is 40.8 Å². The third-order valence-electron chi connectivity index (χ3n) is 5.39. The molecule has 0 saturated carbocycles. The second-order valence-electron chi connectivity index (χ2n) is 7.56. The number of halogens is 1. The lowest BCUT2D eigenvalue weighted by atomic mass is 10.00. The number of esters is 1. The van der Waals surface area contributed by atoms with Crippen LogP contribution in [0.15, 0.2) is 29.3 Å². The van der Waals surface area contributed by atoms with Gasteiger partial charge in [-0.15, -0.1) is 0 Å². The summed E-state index contributed by atoms with van der Waals surface area (Å²) in [7, 11) is -0.146. The van der Waals surface area contributed by atoms with Gasteiger partial charge in [0, 0.05) is 37.8 Å². The lowest BCUT2D eigenvalue weighted by Gasteiger charge is -2.13. The molecule has 0 N–H and O–H groups in total. The van der Waals surface area contributed by atoms with Crippen molar-refractivity contribution in [3.63, 3.8) is 0 Å². The van der Waals surface area contributed by atoms with Crippen molar-refractivity contribution in [2.75, 3.05) is 6.26 Å². The van der Waals surface area contributed by atoms with Crippen LogP contribution in [0.1, 0.15) is 50.2 Å². The van der Waals surface area contributed by atoms with Crippen LogP contribution in [0.3, 0.4) is 0 Å². The largest absolute Gasteiger partial charge is 0.403 e. The lowest BCUT2D eigenvalue weighted by Crippen LogP contribution is -2.15. The number of ketones is 1. The number of nitrogens with zero attached hydrogens (tertiary/aromatic N) is 3. The molecule has 170 valence electrons. The summed E-state index contributed by atoms with van der Waals surface area (Å²) in [6.45, 7) is 5.17. The van der Waals surface area contributed by atoms with Crippen molar-refractivity contribution in [1.29, 1.82) is 0 Å². The zero-order valence-corrected chi connectivity index (χ0v) is 20.3. The SMILES string of the molecule is CCc1c(S(C)(=O)=O)ccc(C(=O)c2c(C)nn(C)c2OC(=O)c2ccn(C)c2C)c1Cl.